The van der Waals surface area contributed by atoms with Gasteiger partial charge in [-0.25, -0.2) is 0 Å². The Hall–Kier alpha value is 0.620. The van der Waals surface area contributed by atoms with E-state index in [-0.39, 0.29) is 20.7 Å². The van der Waals surface area contributed by atoms with E-state index >= 15 is 0 Å². The summed E-state index contributed by atoms with van der Waals surface area (Å²) >= 11 is 4.35. The second-order valence-electron chi connectivity index (χ2n) is 9.68. The summed E-state index contributed by atoms with van der Waals surface area (Å²) in [6.07, 6.45) is 11.6. The highest BCUT2D eigenvalue weighted by Crippen LogP contribution is 2.83. The van der Waals surface area contributed by atoms with E-state index in [4.69, 9.17) is 9.47 Å². The number of rotatable bonds is 0. The molecule has 5 fully saturated rings. The van der Waals surface area contributed by atoms with Gasteiger partial charge in [0.1, 0.15) is 9.87 Å². The van der Waals surface area contributed by atoms with Crippen molar-refractivity contribution in [3.8, 4) is 0 Å². The SMILES string of the molecule is CC1(C)C2(O[C@H]3CCCC[C@@H]3S2)C(C)(C)C12O[C@@H]1CCCC[C@H]1S2. The summed E-state index contributed by atoms with van der Waals surface area (Å²) in [5, 5.41) is 1.42. The lowest BCUT2D eigenvalue weighted by atomic mass is 9.49. The highest BCUT2D eigenvalue weighted by molar-refractivity contribution is 8.03. The Balaban J connectivity index is 1.50. The van der Waals surface area contributed by atoms with Crippen LogP contribution in [0.2, 0.25) is 0 Å². The van der Waals surface area contributed by atoms with Crippen LogP contribution in [0.15, 0.2) is 0 Å². The molecule has 4 heteroatoms. The fraction of sp³-hybridized carbons (Fsp3) is 1.00. The summed E-state index contributed by atoms with van der Waals surface area (Å²) in [6, 6.07) is 0. The Bertz CT molecular complexity index is 452. The largest absolute Gasteiger partial charge is 0.359 e. The lowest BCUT2D eigenvalue weighted by Gasteiger charge is -2.74. The zero-order valence-electron chi connectivity index (χ0n) is 15.6. The van der Waals surface area contributed by atoms with Gasteiger partial charge in [-0.2, -0.15) is 0 Å². The van der Waals surface area contributed by atoms with Crippen molar-refractivity contribution in [2.75, 3.05) is 0 Å². The van der Waals surface area contributed by atoms with Gasteiger partial charge < -0.3 is 9.47 Å². The molecule has 0 unspecified atom stereocenters. The molecule has 136 valence electrons. The van der Waals surface area contributed by atoms with Crippen molar-refractivity contribution in [1.82, 2.24) is 0 Å². The maximum Gasteiger partial charge on any atom is 0.131 e. The Morgan fingerprint density at radius 1 is 0.625 bits per heavy atom. The molecule has 2 heterocycles. The minimum absolute atomic E-state index is 0.0630. The third kappa shape index (κ3) is 1.71. The van der Waals surface area contributed by atoms with Crippen LogP contribution < -0.4 is 0 Å². The maximum atomic E-state index is 6.93. The van der Waals surface area contributed by atoms with Crippen molar-refractivity contribution in [3.63, 3.8) is 0 Å². The molecule has 2 spiro atoms. The monoisotopic (exact) mass is 368 g/mol. The molecule has 2 saturated heterocycles. The van der Waals surface area contributed by atoms with Crippen molar-refractivity contribution >= 4 is 23.5 Å². The lowest BCUT2D eigenvalue weighted by molar-refractivity contribution is -0.330. The molecule has 5 rings (SSSR count). The second-order valence-corrected chi connectivity index (χ2v) is 12.5. The van der Waals surface area contributed by atoms with Gasteiger partial charge in [0.15, 0.2) is 0 Å². The predicted octanol–water partition coefficient (Wildman–Crippen LogP) is 5.59. The van der Waals surface area contributed by atoms with Crippen LogP contribution >= 0.6 is 23.5 Å². The summed E-state index contributed by atoms with van der Waals surface area (Å²) in [6.45, 7) is 9.75. The highest BCUT2D eigenvalue weighted by Gasteiger charge is 2.87. The number of fused-ring (bicyclic) bond motifs is 2. The van der Waals surface area contributed by atoms with E-state index in [9.17, 15) is 0 Å². The van der Waals surface area contributed by atoms with Crippen molar-refractivity contribution in [3.05, 3.63) is 0 Å². The average Bonchev–Trinajstić information content (AvgIpc) is 3.16. The summed E-state index contributed by atoms with van der Waals surface area (Å²) in [5.41, 5.74) is 0.126. The van der Waals surface area contributed by atoms with E-state index in [1.165, 1.54) is 51.4 Å². The van der Waals surface area contributed by atoms with Crippen LogP contribution in [0.4, 0.5) is 0 Å². The lowest BCUT2D eigenvalue weighted by Crippen LogP contribution is -2.81. The minimum Gasteiger partial charge on any atom is -0.359 e. The molecule has 2 aliphatic heterocycles. The first kappa shape index (κ1) is 16.8. The Labute approximate surface area is 155 Å². The van der Waals surface area contributed by atoms with Crippen LogP contribution in [0.25, 0.3) is 0 Å². The molecule has 0 bridgehead atoms. The van der Waals surface area contributed by atoms with E-state index in [2.05, 4.69) is 51.2 Å². The predicted molar refractivity (Wildman–Crippen MR) is 102 cm³/mol. The first-order valence-corrected chi connectivity index (χ1v) is 11.8. The summed E-state index contributed by atoms with van der Waals surface area (Å²) < 4.78 is 13.9. The molecule has 0 radical (unpaired) electrons. The van der Waals surface area contributed by atoms with Crippen LogP contribution in [-0.4, -0.2) is 32.6 Å². The molecule has 3 saturated carbocycles. The van der Waals surface area contributed by atoms with E-state index < -0.39 is 0 Å². The van der Waals surface area contributed by atoms with E-state index in [1.807, 2.05) is 0 Å². The topological polar surface area (TPSA) is 18.5 Å². The molecule has 0 aromatic heterocycles. The molecule has 0 N–H and O–H groups in total. The quantitative estimate of drug-likeness (QED) is 0.554. The molecule has 5 aliphatic rings. The first-order chi connectivity index (χ1) is 11.3. The third-order valence-corrected chi connectivity index (χ3v) is 12.4. The Morgan fingerprint density at radius 2 is 1.00 bits per heavy atom. The molecule has 0 aromatic carbocycles. The molecule has 4 atom stereocenters. The van der Waals surface area contributed by atoms with Gasteiger partial charge in [0.25, 0.3) is 0 Å². The Morgan fingerprint density at radius 3 is 1.38 bits per heavy atom. The normalized spacial score (nSPS) is 54.5. The average molecular weight is 369 g/mol. The second kappa shape index (κ2) is 5.11. The van der Waals surface area contributed by atoms with E-state index in [0.717, 1.165) is 0 Å². The Kier molecular flexibility index (Phi) is 3.57. The number of thioether (sulfide) groups is 2. The van der Waals surface area contributed by atoms with Crippen LogP contribution in [0, 0.1) is 10.8 Å². The van der Waals surface area contributed by atoms with Gasteiger partial charge in [0.05, 0.1) is 12.2 Å². The van der Waals surface area contributed by atoms with Crippen molar-refractivity contribution in [2.24, 2.45) is 10.8 Å². The molecule has 0 aromatic rings. The van der Waals surface area contributed by atoms with Crippen LogP contribution in [0.3, 0.4) is 0 Å². The van der Waals surface area contributed by atoms with Gasteiger partial charge in [0.2, 0.25) is 0 Å². The number of hydrogen-bond acceptors (Lipinski definition) is 4. The van der Waals surface area contributed by atoms with Crippen LogP contribution in [-0.2, 0) is 9.47 Å². The first-order valence-electron chi connectivity index (χ1n) is 10.1. The minimum atomic E-state index is -0.0693. The molecule has 3 aliphatic carbocycles. The van der Waals surface area contributed by atoms with Crippen molar-refractivity contribution in [2.45, 2.75) is 112 Å². The van der Waals surface area contributed by atoms with Gasteiger partial charge in [-0.15, -0.1) is 23.5 Å². The standard InChI is InChI=1S/C20H32O2S2/c1-17(2)19(21-13-9-5-7-11-15(13)23-19)18(3,4)20(17)22-14-10-6-8-12-16(14)24-20/h13-16H,5-12H2,1-4H3/t13-,14+,15-,16+,19?,20?. The molecular weight excluding hydrogens is 336 g/mol. The molecule has 2 nitrogen and oxygen atoms in total. The number of ether oxygens (including phenoxy) is 2. The fourth-order valence-corrected chi connectivity index (χ4v) is 11.0. The maximum absolute atomic E-state index is 6.93. The van der Waals surface area contributed by atoms with Crippen LogP contribution in [0.5, 0.6) is 0 Å². The van der Waals surface area contributed by atoms with Gasteiger partial charge >= 0.3 is 0 Å². The summed E-state index contributed by atoms with van der Waals surface area (Å²) in [4.78, 5) is -0.139. The molecule has 0 amide bonds. The zero-order chi connectivity index (χ0) is 16.8. The molecule has 24 heavy (non-hydrogen) atoms. The van der Waals surface area contributed by atoms with Crippen molar-refractivity contribution < 1.29 is 9.47 Å². The van der Waals surface area contributed by atoms with Gasteiger partial charge in [0, 0.05) is 21.3 Å². The van der Waals surface area contributed by atoms with Crippen molar-refractivity contribution in [1.29, 1.82) is 0 Å². The zero-order valence-corrected chi connectivity index (χ0v) is 17.2. The number of hydrogen-bond donors (Lipinski definition) is 0. The summed E-state index contributed by atoms with van der Waals surface area (Å²) in [7, 11) is 0. The van der Waals surface area contributed by atoms with Crippen LogP contribution in [0.1, 0.15) is 79.1 Å². The van der Waals surface area contributed by atoms with Gasteiger partial charge in [-0.3, -0.25) is 0 Å². The smallest absolute Gasteiger partial charge is 0.131 e. The van der Waals surface area contributed by atoms with Gasteiger partial charge in [-0.05, 0) is 25.7 Å². The van der Waals surface area contributed by atoms with E-state index in [1.54, 1.807) is 0 Å². The van der Waals surface area contributed by atoms with Gasteiger partial charge in [-0.1, -0.05) is 53.4 Å². The summed E-state index contributed by atoms with van der Waals surface area (Å²) in [5.74, 6) is 0. The third-order valence-electron chi connectivity index (χ3n) is 7.84. The van der Waals surface area contributed by atoms with E-state index in [0.29, 0.717) is 22.7 Å². The molecular formula is C20H32O2S2. The highest BCUT2D eigenvalue weighted by atomic mass is 32.2. The fourth-order valence-electron chi connectivity index (χ4n) is 6.68.